The lowest BCUT2D eigenvalue weighted by Crippen LogP contribution is -2.54. The molecule has 0 radical (unpaired) electrons. The van der Waals surface area contributed by atoms with Crippen molar-refractivity contribution in [2.45, 2.75) is 12.5 Å². The summed E-state index contributed by atoms with van der Waals surface area (Å²) in [6, 6.07) is -0.659. The first-order valence-electron chi connectivity index (χ1n) is 6.41. The molecule has 0 aromatic carbocycles. The molecule has 0 aliphatic heterocycles. The summed E-state index contributed by atoms with van der Waals surface area (Å²) in [6.07, 6.45) is 3.17. The van der Waals surface area contributed by atoms with Gasteiger partial charge in [0.1, 0.15) is 25.1 Å². The Hall–Kier alpha value is -3.17. The van der Waals surface area contributed by atoms with E-state index in [1.54, 1.807) is 0 Å². The summed E-state index contributed by atoms with van der Waals surface area (Å²) in [6.45, 7) is 7.57. The van der Waals surface area contributed by atoms with Crippen LogP contribution in [0.25, 0.3) is 0 Å². The van der Waals surface area contributed by atoms with Crippen molar-refractivity contribution in [1.82, 2.24) is 20.5 Å². The van der Waals surface area contributed by atoms with Crippen molar-refractivity contribution in [1.29, 1.82) is 0 Å². The molecule has 23 heavy (non-hydrogen) atoms. The van der Waals surface area contributed by atoms with Crippen LogP contribution in [0.15, 0.2) is 31.6 Å². The molecule has 0 saturated heterocycles. The third-order valence-corrected chi connectivity index (χ3v) is 2.46. The van der Waals surface area contributed by atoms with Crippen LogP contribution >= 0.6 is 0 Å². The summed E-state index contributed by atoms with van der Waals surface area (Å²) in [5.74, 6) is -1.23. The second kappa shape index (κ2) is 8.32. The molecule has 0 atom stereocenters. The molecule has 1 aromatic heterocycles. The Morgan fingerprint density at radius 1 is 1.26 bits per heavy atom. The predicted molar refractivity (Wildman–Crippen MR) is 79.3 cm³/mol. The molecule has 0 aliphatic rings. The normalized spacial score (nSPS) is 10.3. The Morgan fingerprint density at radius 2 is 1.83 bits per heavy atom. The molecule has 10 heteroatoms. The van der Waals surface area contributed by atoms with Gasteiger partial charge in [-0.1, -0.05) is 13.2 Å². The third-order valence-electron chi connectivity index (χ3n) is 2.46. The van der Waals surface area contributed by atoms with Crippen LogP contribution in [0.4, 0.5) is 10.7 Å². The number of hydrogen-bond donors (Lipinski definition) is 3. The molecule has 10 nitrogen and oxygen atoms in total. The van der Waals surface area contributed by atoms with Crippen LogP contribution in [0.1, 0.15) is 6.92 Å². The molecule has 0 aliphatic carbocycles. The van der Waals surface area contributed by atoms with Gasteiger partial charge < -0.3 is 14.8 Å². The molecule has 2 amide bonds. The first-order chi connectivity index (χ1) is 10.9. The van der Waals surface area contributed by atoms with Crippen molar-refractivity contribution in [3.05, 3.63) is 31.6 Å². The van der Waals surface area contributed by atoms with E-state index in [0.717, 1.165) is 12.2 Å². The zero-order valence-electron chi connectivity index (χ0n) is 12.5. The second-order valence-corrected chi connectivity index (χ2v) is 4.60. The Labute approximate surface area is 131 Å². The van der Waals surface area contributed by atoms with E-state index < -0.39 is 23.5 Å². The smallest absolute Gasteiger partial charge is 0.330 e. The van der Waals surface area contributed by atoms with Crippen LogP contribution in [0.2, 0.25) is 0 Å². The molecule has 1 rings (SSSR count). The number of esters is 2. The maximum absolute atomic E-state index is 11.9. The number of nitrogens with zero attached hydrogens (tertiary/aromatic N) is 2. The van der Waals surface area contributed by atoms with Crippen molar-refractivity contribution >= 4 is 23.9 Å². The van der Waals surface area contributed by atoms with Gasteiger partial charge in [-0.3, -0.25) is 5.32 Å². The summed E-state index contributed by atoms with van der Waals surface area (Å²) < 4.78 is 9.81. The number of aromatic amines is 1. The average Bonchev–Trinajstić information content (AvgIpc) is 3.03. The first kappa shape index (κ1) is 17.9. The lowest BCUT2D eigenvalue weighted by molar-refractivity contribution is -0.144. The van der Waals surface area contributed by atoms with E-state index in [1.807, 2.05) is 0 Å². The van der Waals surface area contributed by atoms with E-state index in [4.69, 9.17) is 9.47 Å². The molecule has 0 saturated carbocycles. The maximum Gasteiger partial charge on any atom is 0.330 e. The number of amides is 2. The summed E-state index contributed by atoms with van der Waals surface area (Å²) in [5, 5.41) is 10.9. The highest BCUT2D eigenvalue weighted by atomic mass is 16.5. The van der Waals surface area contributed by atoms with Crippen LogP contribution in [-0.4, -0.2) is 51.9 Å². The van der Waals surface area contributed by atoms with Crippen LogP contribution in [-0.2, 0) is 19.1 Å². The van der Waals surface area contributed by atoms with Gasteiger partial charge in [0.05, 0.1) is 0 Å². The lowest BCUT2D eigenvalue weighted by atomic mass is 10.1. The molecule has 1 aromatic rings. The lowest BCUT2D eigenvalue weighted by Gasteiger charge is -2.29. The number of urea groups is 1. The Morgan fingerprint density at radius 3 is 2.26 bits per heavy atom. The molecule has 124 valence electrons. The number of carbonyl (C=O) groups excluding carboxylic acids is 3. The molecule has 0 bridgehead atoms. The Balaban J connectivity index is 2.69. The highest BCUT2D eigenvalue weighted by Crippen LogP contribution is 2.08. The van der Waals surface area contributed by atoms with E-state index in [1.165, 1.54) is 13.3 Å². The minimum atomic E-state index is -1.18. The molecule has 0 unspecified atom stereocenters. The highest BCUT2D eigenvalue weighted by molar-refractivity contribution is 5.88. The number of ether oxygens (including phenoxy) is 2. The fourth-order valence-electron chi connectivity index (χ4n) is 1.37. The van der Waals surface area contributed by atoms with Crippen LogP contribution in [0.5, 0.6) is 0 Å². The van der Waals surface area contributed by atoms with Crippen LogP contribution in [0, 0.1) is 0 Å². The third kappa shape index (κ3) is 6.42. The zero-order valence-corrected chi connectivity index (χ0v) is 12.5. The van der Waals surface area contributed by atoms with Crippen molar-refractivity contribution in [2.24, 2.45) is 0 Å². The topological polar surface area (TPSA) is 135 Å². The zero-order chi connectivity index (χ0) is 17.3. The Kier molecular flexibility index (Phi) is 6.46. The van der Waals surface area contributed by atoms with Gasteiger partial charge in [-0.25, -0.2) is 19.5 Å². The van der Waals surface area contributed by atoms with Gasteiger partial charge in [0.25, 0.3) is 0 Å². The van der Waals surface area contributed by atoms with Crippen molar-refractivity contribution < 1.29 is 23.9 Å². The van der Waals surface area contributed by atoms with Gasteiger partial charge in [-0.2, -0.15) is 10.1 Å². The van der Waals surface area contributed by atoms with Crippen molar-refractivity contribution in [3.8, 4) is 0 Å². The van der Waals surface area contributed by atoms with E-state index in [9.17, 15) is 14.4 Å². The molecular weight excluding hydrogens is 306 g/mol. The van der Waals surface area contributed by atoms with Crippen LogP contribution in [0.3, 0.4) is 0 Å². The quantitative estimate of drug-likeness (QED) is 0.457. The number of aromatic nitrogens is 3. The van der Waals surface area contributed by atoms with E-state index in [0.29, 0.717) is 0 Å². The summed E-state index contributed by atoms with van der Waals surface area (Å²) in [5.41, 5.74) is -1.18. The second-order valence-electron chi connectivity index (χ2n) is 4.60. The van der Waals surface area contributed by atoms with Crippen molar-refractivity contribution in [3.63, 3.8) is 0 Å². The first-order valence-corrected chi connectivity index (χ1v) is 6.41. The fourth-order valence-corrected chi connectivity index (χ4v) is 1.37. The van der Waals surface area contributed by atoms with E-state index in [-0.39, 0.29) is 19.2 Å². The maximum atomic E-state index is 11.9. The van der Waals surface area contributed by atoms with E-state index in [2.05, 4.69) is 39.0 Å². The molecular formula is C13H17N5O5. The highest BCUT2D eigenvalue weighted by Gasteiger charge is 2.30. The van der Waals surface area contributed by atoms with Gasteiger partial charge in [-0.05, 0) is 6.92 Å². The standard InChI is InChI=1S/C13H17N5O5/c1-4-9(19)22-6-13(3,7-23-10(20)5-2)17-12(21)16-11-14-8-15-18-11/h4-5,8H,1-2,6-7H2,3H3,(H3,14,15,16,17,18,21). The summed E-state index contributed by atoms with van der Waals surface area (Å²) >= 11 is 0. The SMILES string of the molecule is C=CC(=O)OCC(C)(COC(=O)C=C)NC(=O)Nc1ncn[nH]1. The Bertz CT molecular complexity index is 560. The van der Waals surface area contributed by atoms with E-state index >= 15 is 0 Å². The summed E-state index contributed by atoms with van der Waals surface area (Å²) in [7, 11) is 0. The van der Waals surface area contributed by atoms with Gasteiger partial charge in [0, 0.05) is 12.2 Å². The number of hydrogen-bond acceptors (Lipinski definition) is 7. The molecule has 0 fully saturated rings. The van der Waals surface area contributed by atoms with Crippen molar-refractivity contribution in [2.75, 3.05) is 18.5 Å². The van der Waals surface area contributed by atoms with Crippen LogP contribution < -0.4 is 10.6 Å². The minimum Gasteiger partial charge on any atom is -0.460 e. The predicted octanol–water partition coefficient (Wildman–Crippen LogP) is 0.143. The number of carbonyl (C=O) groups is 3. The molecule has 3 N–H and O–H groups in total. The minimum absolute atomic E-state index is 0.121. The molecule has 1 heterocycles. The molecule has 0 spiro atoms. The number of nitrogens with one attached hydrogen (secondary N) is 3. The number of rotatable bonds is 8. The number of H-pyrrole nitrogens is 1. The number of anilines is 1. The fraction of sp³-hybridized carbons (Fsp3) is 0.308. The van der Waals surface area contributed by atoms with Gasteiger partial charge >= 0.3 is 18.0 Å². The van der Waals surface area contributed by atoms with Gasteiger partial charge in [0.2, 0.25) is 5.95 Å². The monoisotopic (exact) mass is 323 g/mol. The largest absolute Gasteiger partial charge is 0.460 e. The van der Waals surface area contributed by atoms with Gasteiger partial charge in [0.15, 0.2) is 0 Å². The average molecular weight is 323 g/mol. The van der Waals surface area contributed by atoms with Gasteiger partial charge in [-0.15, -0.1) is 0 Å². The summed E-state index contributed by atoms with van der Waals surface area (Å²) in [4.78, 5) is 38.0.